The number of aromatic nitrogens is 2. The normalized spacial score (nSPS) is 16.7. The monoisotopic (exact) mass is 260 g/mol. The van der Waals surface area contributed by atoms with E-state index in [1.54, 1.807) is 13.3 Å². The quantitative estimate of drug-likeness (QED) is 0.917. The van der Waals surface area contributed by atoms with E-state index in [1.807, 2.05) is 17.5 Å². The van der Waals surface area contributed by atoms with Gasteiger partial charge in [0.25, 0.3) is 0 Å². The standard InChI is InChI=1S/C14H16N2O3/c1-8(19-2)11-5-10(9-3-4-9)6-16-7-12(14(17)18)15-13(11)16/h5-9H,3-4H2,1-2H3,(H,17,18). The predicted octanol–water partition coefficient (Wildman–Crippen LogP) is 2.62. The molecular weight excluding hydrogens is 244 g/mol. The predicted molar refractivity (Wildman–Crippen MR) is 69.6 cm³/mol. The van der Waals surface area contributed by atoms with Crippen molar-refractivity contribution in [1.82, 2.24) is 9.38 Å². The average Bonchev–Trinajstić information content (AvgIpc) is 3.15. The van der Waals surface area contributed by atoms with Crippen LogP contribution in [0.3, 0.4) is 0 Å². The van der Waals surface area contributed by atoms with Gasteiger partial charge in [-0.1, -0.05) is 0 Å². The van der Waals surface area contributed by atoms with Gasteiger partial charge < -0.3 is 14.2 Å². The molecule has 0 radical (unpaired) electrons. The van der Waals surface area contributed by atoms with Crippen LogP contribution in [0.15, 0.2) is 18.5 Å². The summed E-state index contributed by atoms with van der Waals surface area (Å²) >= 11 is 0. The van der Waals surface area contributed by atoms with Crippen molar-refractivity contribution in [2.75, 3.05) is 7.11 Å². The SMILES string of the molecule is COC(C)c1cc(C2CC2)cn2cc(C(=O)O)nc12. The van der Waals surface area contributed by atoms with Crippen LogP contribution in [-0.4, -0.2) is 27.6 Å². The summed E-state index contributed by atoms with van der Waals surface area (Å²) in [5, 5.41) is 9.06. The Morgan fingerprint density at radius 2 is 2.26 bits per heavy atom. The topological polar surface area (TPSA) is 63.8 Å². The Balaban J connectivity index is 2.20. The second kappa shape index (κ2) is 4.35. The first-order valence-corrected chi connectivity index (χ1v) is 6.38. The first-order chi connectivity index (χ1) is 9.10. The van der Waals surface area contributed by atoms with Crippen LogP contribution in [0.2, 0.25) is 0 Å². The Bertz CT molecular complexity index is 643. The number of hydrogen-bond donors (Lipinski definition) is 1. The minimum Gasteiger partial charge on any atom is -0.476 e. The number of imidazole rings is 1. The number of rotatable bonds is 4. The molecule has 19 heavy (non-hydrogen) atoms. The summed E-state index contributed by atoms with van der Waals surface area (Å²) < 4.78 is 7.18. The zero-order chi connectivity index (χ0) is 13.6. The molecular formula is C14H16N2O3. The van der Waals surface area contributed by atoms with Gasteiger partial charge in [0.2, 0.25) is 0 Å². The maximum atomic E-state index is 11.0. The molecule has 1 aliphatic carbocycles. The number of ether oxygens (including phenoxy) is 1. The minimum absolute atomic E-state index is 0.0671. The van der Waals surface area contributed by atoms with Gasteiger partial charge in [-0.25, -0.2) is 9.78 Å². The highest BCUT2D eigenvalue weighted by atomic mass is 16.5. The molecule has 5 heteroatoms. The number of aromatic carboxylic acids is 1. The summed E-state index contributed by atoms with van der Waals surface area (Å²) in [5.41, 5.74) is 2.91. The van der Waals surface area contributed by atoms with Gasteiger partial charge in [0.1, 0.15) is 5.65 Å². The van der Waals surface area contributed by atoms with Crippen LogP contribution < -0.4 is 0 Å². The van der Waals surface area contributed by atoms with E-state index < -0.39 is 5.97 Å². The molecule has 2 heterocycles. The van der Waals surface area contributed by atoms with Gasteiger partial charge in [-0.15, -0.1) is 0 Å². The molecule has 1 fully saturated rings. The van der Waals surface area contributed by atoms with Crippen LogP contribution in [0.4, 0.5) is 0 Å². The highest BCUT2D eigenvalue weighted by Crippen LogP contribution is 2.41. The fraction of sp³-hybridized carbons (Fsp3) is 0.429. The second-order valence-corrected chi connectivity index (χ2v) is 5.04. The highest BCUT2D eigenvalue weighted by Gasteiger charge is 2.26. The molecule has 1 atom stereocenters. The number of carbonyl (C=O) groups is 1. The van der Waals surface area contributed by atoms with E-state index >= 15 is 0 Å². The molecule has 3 rings (SSSR count). The first kappa shape index (κ1) is 12.2. The third kappa shape index (κ3) is 2.10. The summed E-state index contributed by atoms with van der Waals surface area (Å²) in [4.78, 5) is 15.2. The average molecular weight is 260 g/mol. The summed E-state index contributed by atoms with van der Waals surface area (Å²) in [6.45, 7) is 1.95. The summed E-state index contributed by atoms with van der Waals surface area (Å²) in [5.74, 6) is -0.407. The Hall–Kier alpha value is -1.88. The fourth-order valence-electron chi connectivity index (χ4n) is 2.32. The third-order valence-electron chi connectivity index (χ3n) is 3.66. The van der Waals surface area contributed by atoms with Crippen LogP contribution in [0.1, 0.15) is 53.4 Å². The van der Waals surface area contributed by atoms with Crippen molar-refractivity contribution in [3.8, 4) is 0 Å². The van der Waals surface area contributed by atoms with Crippen LogP contribution >= 0.6 is 0 Å². The van der Waals surface area contributed by atoms with Crippen LogP contribution in [0.25, 0.3) is 5.65 Å². The first-order valence-electron chi connectivity index (χ1n) is 6.38. The number of carboxylic acid groups (broad SMARTS) is 1. The molecule has 1 saturated carbocycles. The lowest BCUT2D eigenvalue weighted by Crippen LogP contribution is -2.02. The van der Waals surface area contributed by atoms with Crippen molar-refractivity contribution in [2.45, 2.75) is 31.8 Å². The molecule has 0 aliphatic heterocycles. The van der Waals surface area contributed by atoms with Crippen molar-refractivity contribution >= 4 is 11.6 Å². The number of fused-ring (bicyclic) bond motifs is 1. The van der Waals surface area contributed by atoms with Crippen LogP contribution in [0.5, 0.6) is 0 Å². The van der Waals surface area contributed by atoms with Crippen molar-refractivity contribution in [3.63, 3.8) is 0 Å². The van der Waals surface area contributed by atoms with Gasteiger partial charge in [-0.3, -0.25) is 0 Å². The number of nitrogens with zero attached hydrogens (tertiary/aromatic N) is 2. The molecule has 0 saturated heterocycles. The summed E-state index contributed by atoms with van der Waals surface area (Å²) in [7, 11) is 1.64. The molecule has 1 aliphatic rings. The van der Waals surface area contributed by atoms with E-state index in [9.17, 15) is 4.79 Å². The molecule has 2 aromatic rings. The zero-order valence-electron chi connectivity index (χ0n) is 11.0. The number of pyridine rings is 1. The van der Waals surface area contributed by atoms with E-state index in [4.69, 9.17) is 9.84 Å². The van der Waals surface area contributed by atoms with Crippen molar-refractivity contribution in [3.05, 3.63) is 35.3 Å². The smallest absolute Gasteiger partial charge is 0.356 e. The largest absolute Gasteiger partial charge is 0.476 e. The number of carboxylic acids is 1. The maximum Gasteiger partial charge on any atom is 0.356 e. The molecule has 5 nitrogen and oxygen atoms in total. The fourth-order valence-corrected chi connectivity index (χ4v) is 2.32. The van der Waals surface area contributed by atoms with Crippen molar-refractivity contribution in [1.29, 1.82) is 0 Å². The Morgan fingerprint density at radius 1 is 1.53 bits per heavy atom. The lowest BCUT2D eigenvalue weighted by molar-refractivity contribution is 0.0691. The third-order valence-corrected chi connectivity index (χ3v) is 3.66. The van der Waals surface area contributed by atoms with E-state index in [0.717, 1.165) is 5.56 Å². The van der Waals surface area contributed by atoms with Gasteiger partial charge in [0.15, 0.2) is 5.69 Å². The molecule has 0 aromatic carbocycles. The second-order valence-electron chi connectivity index (χ2n) is 5.04. The minimum atomic E-state index is -1.01. The molecule has 0 bridgehead atoms. The molecule has 1 unspecified atom stereocenters. The Morgan fingerprint density at radius 3 is 2.84 bits per heavy atom. The molecule has 0 spiro atoms. The van der Waals surface area contributed by atoms with Crippen molar-refractivity contribution < 1.29 is 14.6 Å². The van der Waals surface area contributed by atoms with E-state index in [1.165, 1.54) is 18.4 Å². The molecule has 2 aromatic heterocycles. The maximum absolute atomic E-state index is 11.0. The Kier molecular flexibility index (Phi) is 2.78. The number of methoxy groups -OCH3 is 1. The van der Waals surface area contributed by atoms with E-state index in [0.29, 0.717) is 11.6 Å². The van der Waals surface area contributed by atoms with Crippen LogP contribution in [0, 0.1) is 0 Å². The molecule has 0 amide bonds. The van der Waals surface area contributed by atoms with Gasteiger partial charge in [-0.05, 0) is 37.3 Å². The van der Waals surface area contributed by atoms with E-state index in [2.05, 4.69) is 11.1 Å². The van der Waals surface area contributed by atoms with Gasteiger partial charge in [-0.2, -0.15) is 0 Å². The molecule has 1 N–H and O–H groups in total. The van der Waals surface area contributed by atoms with Crippen LogP contribution in [-0.2, 0) is 4.74 Å². The van der Waals surface area contributed by atoms with Gasteiger partial charge >= 0.3 is 5.97 Å². The lowest BCUT2D eigenvalue weighted by Gasteiger charge is -2.13. The van der Waals surface area contributed by atoms with Crippen molar-refractivity contribution in [2.24, 2.45) is 0 Å². The highest BCUT2D eigenvalue weighted by molar-refractivity contribution is 5.86. The summed E-state index contributed by atoms with van der Waals surface area (Å²) in [6.07, 6.45) is 5.85. The lowest BCUT2D eigenvalue weighted by atomic mass is 10.1. The number of hydrogen-bond acceptors (Lipinski definition) is 3. The van der Waals surface area contributed by atoms with Gasteiger partial charge in [0.05, 0.1) is 6.10 Å². The zero-order valence-corrected chi connectivity index (χ0v) is 11.0. The molecule has 100 valence electrons. The van der Waals surface area contributed by atoms with E-state index in [-0.39, 0.29) is 11.8 Å². The Labute approximate surface area is 110 Å². The van der Waals surface area contributed by atoms with Gasteiger partial charge in [0, 0.05) is 25.1 Å². The summed E-state index contributed by atoms with van der Waals surface area (Å²) in [6, 6.07) is 2.10.